The summed E-state index contributed by atoms with van der Waals surface area (Å²) in [5.41, 5.74) is 1.40. The van der Waals surface area contributed by atoms with Crippen LogP contribution in [0.1, 0.15) is 15.9 Å². The first-order valence-electron chi connectivity index (χ1n) is 7.90. The Hall–Kier alpha value is -3.35. The van der Waals surface area contributed by atoms with Gasteiger partial charge in [-0.3, -0.25) is 4.79 Å². The third-order valence-electron chi connectivity index (χ3n) is 3.50. The fraction of sp³-hybridized carbons (Fsp3) is 0.211. The van der Waals surface area contributed by atoms with Gasteiger partial charge in [0.25, 0.3) is 0 Å². The van der Waals surface area contributed by atoms with E-state index in [2.05, 4.69) is 10.1 Å². The Morgan fingerprint density at radius 3 is 2.35 bits per heavy atom. The second-order valence-corrected chi connectivity index (χ2v) is 5.48. The average molecular weight is 356 g/mol. The van der Waals surface area contributed by atoms with Gasteiger partial charge in [0.1, 0.15) is 13.2 Å². The molecule has 2 rings (SSSR count). The number of rotatable bonds is 6. The number of anilines is 1. The normalized spacial score (nSPS) is 9.92. The molecule has 0 fully saturated rings. The zero-order valence-electron chi connectivity index (χ0n) is 14.6. The number of carbonyl (C=O) groups excluding carboxylic acids is 3. The van der Waals surface area contributed by atoms with Crippen molar-refractivity contribution in [2.45, 2.75) is 6.61 Å². The summed E-state index contributed by atoms with van der Waals surface area (Å²) in [5, 5.41) is 2.60. The van der Waals surface area contributed by atoms with E-state index in [1.165, 1.54) is 14.2 Å². The molecular weight excluding hydrogens is 336 g/mol. The van der Waals surface area contributed by atoms with E-state index in [-0.39, 0.29) is 18.7 Å². The van der Waals surface area contributed by atoms with Crippen LogP contribution in [0.4, 0.5) is 10.5 Å². The van der Waals surface area contributed by atoms with E-state index in [0.29, 0.717) is 5.69 Å². The topological polar surface area (TPSA) is 84.9 Å². The molecule has 0 saturated carbocycles. The molecule has 2 aromatic carbocycles. The molecule has 0 aliphatic heterocycles. The number of esters is 1. The lowest BCUT2D eigenvalue weighted by Gasteiger charge is -2.17. The van der Waals surface area contributed by atoms with Crippen molar-refractivity contribution in [3.05, 3.63) is 65.7 Å². The Morgan fingerprint density at radius 1 is 1.00 bits per heavy atom. The molecule has 0 saturated heterocycles. The molecule has 1 N–H and O–H groups in total. The molecular formula is C19H20N2O5. The van der Waals surface area contributed by atoms with Gasteiger partial charge in [0.2, 0.25) is 5.91 Å². The van der Waals surface area contributed by atoms with Crippen LogP contribution in [0.2, 0.25) is 0 Å². The highest BCUT2D eigenvalue weighted by Crippen LogP contribution is 2.16. The summed E-state index contributed by atoms with van der Waals surface area (Å²) in [5.74, 6) is -1.02. The van der Waals surface area contributed by atoms with Gasteiger partial charge < -0.3 is 19.7 Å². The van der Waals surface area contributed by atoms with Gasteiger partial charge in [-0.2, -0.15) is 0 Å². The van der Waals surface area contributed by atoms with Gasteiger partial charge >= 0.3 is 12.1 Å². The zero-order chi connectivity index (χ0) is 18.9. The standard InChI is InChI=1S/C19H20N2O5/c1-21(19(24)26-13-14-8-4-3-5-9-14)12-17(22)20-16-11-7-6-10-15(16)18(23)25-2/h3-11H,12-13H2,1-2H3,(H,20,22). The number of para-hydroxylation sites is 1. The van der Waals surface area contributed by atoms with E-state index in [0.717, 1.165) is 10.5 Å². The molecule has 7 nitrogen and oxygen atoms in total. The van der Waals surface area contributed by atoms with Gasteiger partial charge in [-0.25, -0.2) is 9.59 Å². The monoisotopic (exact) mass is 356 g/mol. The molecule has 0 unspecified atom stereocenters. The van der Waals surface area contributed by atoms with Crippen LogP contribution in [-0.2, 0) is 20.9 Å². The van der Waals surface area contributed by atoms with Crippen LogP contribution in [0.25, 0.3) is 0 Å². The predicted octanol–water partition coefficient (Wildman–Crippen LogP) is 2.68. The summed E-state index contributed by atoms with van der Waals surface area (Å²) in [6.07, 6.45) is -0.620. The van der Waals surface area contributed by atoms with Crippen molar-refractivity contribution in [2.24, 2.45) is 0 Å². The molecule has 2 aromatic rings. The number of nitrogens with zero attached hydrogens (tertiary/aromatic N) is 1. The number of ether oxygens (including phenoxy) is 2. The summed E-state index contributed by atoms with van der Waals surface area (Å²) in [7, 11) is 2.72. The van der Waals surface area contributed by atoms with Crippen LogP contribution < -0.4 is 5.32 Å². The first-order chi connectivity index (χ1) is 12.5. The van der Waals surface area contributed by atoms with Gasteiger partial charge in [0.05, 0.1) is 18.4 Å². The first kappa shape index (κ1) is 19.0. The second kappa shape index (κ2) is 9.22. The highest BCUT2D eigenvalue weighted by Gasteiger charge is 2.17. The molecule has 0 atom stereocenters. The van der Waals surface area contributed by atoms with Crippen molar-refractivity contribution in [3.63, 3.8) is 0 Å². The maximum atomic E-state index is 12.2. The summed E-state index contributed by atoms with van der Waals surface area (Å²) in [6, 6.07) is 15.7. The molecule has 0 aromatic heterocycles. The molecule has 26 heavy (non-hydrogen) atoms. The van der Waals surface area contributed by atoms with Gasteiger partial charge in [0, 0.05) is 7.05 Å². The van der Waals surface area contributed by atoms with Crippen LogP contribution in [0.3, 0.4) is 0 Å². The number of amides is 2. The van der Waals surface area contributed by atoms with Crippen molar-refractivity contribution in [3.8, 4) is 0 Å². The molecule has 0 spiro atoms. The van der Waals surface area contributed by atoms with Crippen LogP contribution in [0.5, 0.6) is 0 Å². The van der Waals surface area contributed by atoms with Crippen LogP contribution in [0, 0.1) is 0 Å². The number of likely N-dealkylation sites (N-methyl/N-ethyl adjacent to an activating group) is 1. The van der Waals surface area contributed by atoms with Gasteiger partial charge in [0.15, 0.2) is 0 Å². The Bertz CT molecular complexity index is 777. The van der Waals surface area contributed by atoms with E-state index in [9.17, 15) is 14.4 Å². The fourth-order valence-corrected chi connectivity index (χ4v) is 2.18. The number of benzene rings is 2. The summed E-state index contributed by atoms with van der Waals surface area (Å²) in [4.78, 5) is 37.0. The summed E-state index contributed by atoms with van der Waals surface area (Å²) >= 11 is 0. The van der Waals surface area contributed by atoms with Crippen molar-refractivity contribution in [1.82, 2.24) is 4.90 Å². The number of carbonyl (C=O) groups is 3. The third-order valence-corrected chi connectivity index (χ3v) is 3.50. The fourth-order valence-electron chi connectivity index (χ4n) is 2.18. The quantitative estimate of drug-likeness (QED) is 0.805. The lowest BCUT2D eigenvalue weighted by atomic mass is 10.2. The maximum absolute atomic E-state index is 12.2. The summed E-state index contributed by atoms with van der Waals surface area (Å²) < 4.78 is 9.83. The molecule has 0 bridgehead atoms. The van der Waals surface area contributed by atoms with Crippen LogP contribution in [-0.4, -0.2) is 43.6 Å². The van der Waals surface area contributed by atoms with E-state index >= 15 is 0 Å². The number of hydrogen-bond acceptors (Lipinski definition) is 5. The van der Waals surface area contributed by atoms with E-state index in [4.69, 9.17) is 4.74 Å². The molecule has 0 aliphatic carbocycles. The Kier molecular flexibility index (Phi) is 6.73. The Balaban J connectivity index is 1.89. The first-order valence-corrected chi connectivity index (χ1v) is 7.90. The van der Waals surface area contributed by atoms with Crippen molar-refractivity contribution < 1.29 is 23.9 Å². The highest BCUT2D eigenvalue weighted by atomic mass is 16.6. The number of nitrogens with one attached hydrogen (secondary N) is 1. The smallest absolute Gasteiger partial charge is 0.410 e. The average Bonchev–Trinajstić information content (AvgIpc) is 2.66. The molecule has 0 heterocycles. The molecule has 136 valence electrons. The Labute approximate surface area is 151 Å². The van der Waals surface area contributed by atoms with E-state index in [1.807, 2.05) is 30.3 Å². The minimum atomic E-state index is -0.620. The predicted molar refractivity (Wildman–Crippen MR) is 95.7 cm³/mol. The summed E-state index contributed by atoms with van der Waals surface area (Å²) in [6.45, 7) is -0.0973. The van der Waals surface area contributed by atoms with Crippen LogP contribution >= 0.6 is 0 Å². The van der Waals surface area contributed by atoms with Gasteiger partial charge in [-0.15, -0.1) is 0 Å². The molecule has 2 amide bonds. The van der Waals surface area contributed by atoms with Crippen molar-refractivity contribution in [1.29, 1.82) is 0 Å². The lowest BCUT2D eigenvalue weighted by Crippen LogP contribution is -2.35. The lowest BCUT2D eigenvalue weighted by molar-refractivity contribution is -0.116. The zero-order valence-corrected chi connectivity index (χ0v) is 14.6. The van der Waals surface area contributed by atoms with Crippen LogP contribution in [0.15, 0.2) is 54.6 Å². The number of hydrogen-bond donors (Lipinski definition) is 1. The van der Waals surface area contributed by atoms with Crippen molar-refractivity contribution in [2.75, 3.05) is 26.0 Å². The largest absolute Gasteiger partial charge is 0.465 e. The number of methoxy groups -OCH3 is 1. The molecule has 0 radical (unpaired) electrons. The van der Waals surface area contributed by atoms with Gasteiger partial charge in [-0.05, 0) is 17.7 Å². The maximum Gasteiger partial charge on any atom is 0.410 e. The van der Waals surface area contributed by atoms with E-state index in [1.54, 1.807) is 24.3 Å². The molecule has 0 aliphatic rings. The Morgan fingerprint density at radius 2 is 1.65 bits per heavy atom. The minimum Gasteiger partial charge on any atom is -0.465 e. The SMILES string of the molecule is COC(=O)c1ccccc1NC(=O)CN(C)C(=O)OCc1ccccc1. The van der Waals surface area contributed by atoms with E-state index < -0.39 is 18.0 Å². The van der Waals surface area contributed by atoms with Gasteiger partial charge in [-0.1, -0.05) is 42.5 Å². The highest BCUT2D eigenvalue weighted by molar-refractivity contribution is 6.02. The van der Waals surface area contributed by atoms with Crippen molar-refractivity contribution >= 4 is 23.7 Å². The molecule has 7 heteroatoms. The second-order valence-electron chi connectivity index (χ2n) is 5.48. The third kappa shape index (κ3) is 5.34. The minimum absolute atomic E-state index is 0.122.